The molecule has 0 saturated carbocycles. The summed E-state index contributed by atoms with van der Waals surface area (Å²) in [5.41, 5.74) is -2.19. The maximum atomic E-state index is 11.9. The number of esters is 1. The Labute approximate surface area is 244 Å². The number of carbonyl (C=O) groups is 1. The molecule has 0 rings (SSSR count). The second kappa shape index (κ2) is 18.0. The highest BCUT2D eigenvalue weighted by Gasteiger charge is 2.47. The number of rotatable bonds is 20. The maximum Gasteiger partial charge on any atom is 0.339 e. The first-order valence-electron chi connectivity index (χ1n) is 12.4. The molecule has 0 aromatic carbocycles. The molecule has 0 radical (unpaired) electrons. The molecule has 0 amide bonds. The Morgan fingerprint density at radius 2 is 0.860 bits per heavy atom. The fourth-order valence-corrected chi connectivity index (χ4v) is 4.28. The molecule has 0 heterocycles. The molecule has 0 fully saturated rings. The lowest BCUT2D eigenvalue weighted by atomic mass is 9.88. The smallest absolute Gasteiger partial charge is 0.339 e. The van der Waals surface area contributed by atoms with Gasteiger partial charge in [-0.05, 0) is 6.42 Å². The molecular formula is C21H42O21S. The van der Waals surface area contributed by atoms with E-state index in [2.05, 4.69) is 9.47 Å². The Morgan fingerprint density at radius 3 is 1.09 bits per heavy atom. The number of aliphatic hydroxyl groups excluding tert-OH is 15. The summed E-state index contributed by atoms with van der Waals surface area (Å²) in [6.07, 6.45) is -39.0. The summed E-state index contributed by atoms with van der Waals surface area (Å²) in [6, 6.07) is 0. The Bertz CT molecular complexity index is 919. The van der Waals surface area contributed by atoms with Crippen LogP contribution in [0.4, 0.5) is 0 Å². The van der Waals surface area contributed by atoms with Crippen LogP contribution in [0.5, 0.6) is 0 Å². The van der Waals surface area contributed by atoms with Crippen LogP contribution in [-0.2, 0) is 24.4 Å². The average molecular weight is 663 g/mol. The first-order chi connectivity index (χ1) is 19.6. The number of carbonyl (C=O) groups excluding carboxylic acids is 1. The lowest BCUT2D eigenvalue weighted by Gasteiger charge is -2.36. The monoisotopic (exact) mass is 662 g/mol. The molecule has 22 heteroatoms. The molecular weight excluding hydrogens is 620 g/mol. The van der Waals surface area contributed by atoms with E-state index in [4.69, 9.17) is 9.66 Å². The molecule has 258 valence electrons. The van der Waals surface area contributed by atoms with Gasteiger partial charge in [0.25, 0.3) is 0 Å². The van der Waals surface area contributed by atoms with Gasteiger partial charge in [0.2, 0.25) is 5.44 Å². The van der Waals surface area contributed by atoms with Gasteiger partial charge in [-0.3, -0.25) is 4.55 Å². The average Bonchev–Trinajstić information content (AvgIpc) is 2.98. The summed E-state index contributed by atoms with van der Waals surface area (Å²) < 4.78 is 40.1. The molecule has 0 aromatic heterocycles. The second-order valence-electron chi connectivity index (χ2n) is 9.57. The van der Waals surface area contributed by atoms with Gasteiger partial charge in [-0.2, -0.15) is 8.42 Å². The molecule has 0 spiro atoms. The largest absolute Gasteiger partial charge is 0.441 e. The molecule has 43 heavy (non-hydrogen) atoms. The maximum absolute atomic E-state index is 11.9. The van der Waals surface area contributed by atoms with Gasteiger partial charge >= 0.3 is 16.1 Å². The lowest BCUT2D eigenvalue weighted by Crippen LogP contribution is -2.61. The van der Waals surface area contributed by atoms with Gasteiger partial charge in [0.05, 0.1) is 6.61 Å². The first kappa shape index (κ1) is 41.7. The van der Waals surface area contributed by atoms with Crippen molar-refractivity contribution in [2.24, 2.45) is 0 Å². The van der Waals surface area contributed by atoms with Crippen molar-refractivity contribution in [2.75, 3.05) is 13.7 Å². The first-order valence-corrected chi connectivity index (χ1v) is 14.0. The van der Waals surface area contributed by atoms with Crippen molar-refractivity contribution in [1.82, 2.24) is 0 Å². The minimum atomic E-state index is -4.96. The fraction of sp³-hybridized carbons (Fsp3) is 0.952. The topological polar surface area (TPSA) is 393 Å². The van der Waals surface area contributed by atoms with Crippen molar-refractivity contribution in [2.45, 2.75) is 110 Å². The van der Waals surface area contributed by atoms with Crippen LogP contribution in [0.15, 0.2) is 0 Å². The predicted octanol–water partition coefficient (Wildman–Crippen LogP) is -9.79. The van der Waals surface area contributed by atoms with Crippen LogP contribution in [0.25, 0.3) is 0 Å². The second-order valence-corrected chi connectivity index (χ2v) is 11.1. The summed E-state index contributed by atoms with van der Waals surface area (Å²) in [4.78, 5) is 11.9. The highest BCUT2D eigenvalue weighted by Crippen LogP contribution is 2.20. The van der Waals surface area contributed by atoms with Crippen LogP contribution in [0.1, 0.15) is 13.3 Å². The van der Waals surface area contributed by atoms with E-state index in [0.717, 1.165) is 14.0 Å². The molecule has 0 aliphatic carbocycles. The molecule has 16 atom stereocenters. The van der Waals surface area contributed by atoms with Crippen molar-refractivity contribution in [3.8, 4) is 0 Å². The van der Waals surface area contributed by atoms with Gasteiger partial charge in [-0.15, -0.1) is 0 Å². The van der Waals surface area contributed by atoms with E-state index in [0.29, 0.717) is 0 Å². The number of ether oxygens (including phenoxy) is 2. The van der Waals surface area contributed by atoms with E-state index in [1.807, 2.05) is 0 Å². The molecule has 16 N–H and O–H groups in total. The van der Waals surface area contributed by atoms with Gasteiger partial charge in [0.15, 0.2) is 6.10 Å². The van der Waals surface area contributed by atoms with Gasteiger partial charge in [0, 0.05) is 7.11 Å². The molecule has 16 unspecified atom stereocenters. The lowest BCUT2D eigenvalue weighted by molar-refractivity contribution is -0.208. The molecule has 21 nitrogen and oxygen atoms in total. The summed E-state index contributed by atoms with van der Waals surface area (Å²) in [7, 11) is -3.95. The summed E-state index contributed by atoms with van der Waals surface area (Å²) in [6.45, 7) is 0.287. The van der Waals surface area contributed by atoms with Crippen LogP contribution < -0.4 is 0 Å². The predicted molar refractivity (Wildman–Crippen MR) is 134 cm³/mol. The SMILES string of the molecule is CCC(OC(=O)C(O)C(O)C(O)C(O)C(O)C(O)C(O)C(O)C(O)C(O)C(O)C(O)C(O)C(O)C(CO)OC)S(=O)(=O)O. The summed E-state index contributed by atoms with van der Waals surface area (Å²) in [5.74, 6) is -1.92. The Morgan fingerprint density at radius 1 is 0.581 bits per heavy atom. The van der Waals surface area contributed by atoms with Crippen LogP contribution in [0, 0.1) is 0 Å². The van der Waals surface area contributed by atoms with Gasteiger partial charge in [-0.1, -0.05) is 6.92 Å². The third kappa shape index (κ3) is 10.9. The fourth-order valence-electron chi connectivity index (χ4n) is 3.64. The summed E-state index contributed by atoms with van der Waals surface area (Å²) >= 11 is 0. The van der Waals surface area contributed by atoms with Crippen molar-refractivity contribution in [1.29, 1.82) is 0 Å². The third-order valence-electron chi connectivity index (χ3n) is 6.54. The zero-order valence-corrected chi connectivity index (χ0v) is 23.6. The minimum Gasteiger partial charge on any atom is -0.441 e. The zero-order chi connectivity index (χ0) is 34.1. The van der Waals surface area contributed by atoms with E-state index < -0.39 is 126 Å². The summed E-state index contributed by atoms with van der Waals surface area (Å²) in [5, 5.41) is 150. The van der Waals surface area contributed by atoms with E-state index >= 15 is 0 Å². The number of aliphatic hydroxyl groups is 15. The highest BCUT2D eigenvalue weighted by atomic mass is 32.2. The van der Waals surface area contributed by atoms with Gasteiger partial charge < -0.3 is 86.1 Å². The molecule has 0 saturated heterocycles. The molecule has 0 aromatic rings. The Balaban J connectivity index is 5.46. The van der Waals surface area contributed by atoms with Crippen molar-refractivity contribution >= 4 is 16.1 Å². The Hall–Kier alpha value is -1.26. The van der Waals surface area contributed by atoms with Crippen LogP contribution >= 0.6 is 0 Å². The standard InChI is InChI=1S/C21H42O21S/c1-3-6(43(38,39)40)42-21(37)20(36)19(35)18(34)17(33)16(32)15(31)14(30)13(29)12(28)11(27)10(26)9(25)8(24)7(23)5(4-22)41-2/h5-20,22-36H,3-4H2,1-2H3,(H,38,39,40). The van der Waals surface area contributed by atoms with Crippen molar-refractivity contribution < 1.29 is 104 Å². The van der Waals surface area contributed by atoms with Crippen molar-refractivity contribution in [3.05, 3.63) is 0 Å². The van der Waals surface area contributed by atoms with Crippen molar-refractivity contribution in [3.63, 3.8) is 0 Å². The molecule has 0 aliphatic heterocycles. The van der Waals surface area contributed by atoms with E-state index in [9.17, 15) is 84.7 Å². The normalized spacial score (nSPS) is 24.0. The van der Waals surface area contributed by atoms with Crippen LogP contribution in [0.2, 0.25) is 0 Å². The molecule has 0 aliphatic rings. The van der Waals surface area contributed by atoms with E-state index in [-0.39, 0.29) is 0 Å². The Kier molecular flexibility index (Phi) is 17.5. The number of hydrogen-bond acceptors (Lipinski definition) is 20. The van der Waals surface area contributed by atoms with Gasteiger partial charge in [-0.25, -0.2) is 4.79 Å². The number of methoxy groups -OCH3 is 1. The van der Waals surface area contributed by atoms with E-state index in [1.54, 1.807) is 0 Å². The van der Waals surface area contributed by atoms with Gasteiger partial charge in [0.1, 0.15) is 85.5 Å². The van der Waals surface area contributed by atoms with E-state index in [1.165, 1.54) is 0 Å². The molecule has 0 bridgehead atoms. The zero-order valence-electron chi connectivity index (χ0n) is 22.8. The highest BCUT2D eigenvalue weighted by molar-refractivity contribution is 7.86. The number of hydrogen-bond donors (Lipinski definition) is 16. The minimum absolute atomic E-state index is 0.513. The third-order valence-corrected chi connectivity index (χ3v) is 7.63. The van der Waals surface area contributed by atoms with Crippen LogP contribution in [-0.4, -0.2) is 206 Å². The quantitative estimate of drug-likeness (QED) is 0.0425. The van der Waals surface area contributed by atoms with Crippen LogP contribution in [0.3, 0.4) is 0 Å².